The molecule has 2 heteroatoms. The second-order valence-electron chi connectivity index (χ2n) is 6.29. The van der Waals surface area contributed by atoms with Crippen LogP contribution in [0, 0.1) is 6.92 Å². The number of hydrogen-bond donors (Lipinski definition) is 1. The molecule has 0 bridgehead atoms. The molecular formula is C20H23NO. The molecule has 114 valence electrons. The van der Waals surface area contributed by atoms with Gasteiger partial charge >= 0.3 is 0 Å². The molecule has 2 aromatic rings. The molecule has 2 nitrogen and oxygen atoms in total. The van der Waals surface area contributed by atoms with Gasteiger partial charge in [-0.3, -0.25) is 0 Å². The summed E-state index contributed by atoms with van der Waals surface area (Å²) in [6.07, 6.45) is 5.24. The molecule has 1 unspecified atom stereocenters. The van der Waals surface area contributed by atoms with Gasteiger partial charge in [0.25, 0.3) is 0 Å². The number of aliphatic hydroxyl groups excluding tert-OH is 1. The Hall–Kier alpha value is -2.06. The first kappa shape index (κ1) is 14.9. The maximum Gasteiger partial charge on any atom is 0.0548 e. The van der Waals surface area contributed by atoms with Crippen molar-refractivity contribution in [2.45, 2.75) is 25.3 Å². The molecule has 1 heterocycles. The van der Waals surface area contributed by atoms with Crippen LogP contribution in [0.1, 0.15) is 23.1 Å². The van der Waals surface area contributed by atoms with Crippen LogP contribution in [0.25, 0.3) is 0 Å². The predicted octanol–water partition coefficient (Wildman–Crippen LogP) is 3.64. The molecule has 1 aliphatic rings. The number of aryl methyl sites for hydroxylation is 1. The molecule has 3 rings (SSSR count). The van der Waals surface area contributed by atoms with Crippen molar-refractivity contribution >= 4 is 0 Å². The van der Waals surface area contributed by atoms with Gasteiger partial charge in [0.2, 0.25) is 0 Å². The largest absolute Gasteiger partial charge is 0.395 e. The quantitative estimate of drug-likeness (QED) is 0.930. The van der Waals surface area contributed by atoms with Crippen LogP contribution in [0.4, 0.5) is 0 Å². The third-order valence-corrected chi connectivity index (χ3v) is 4.49. The molecular weight excluding hydrogens is 270 g/mol. The lowest BCUT2D eigenvalue weighted by Gasteiger charge is -2.40. The van der Waals surface area contributed by atoms with Crippen LogP contribution >= 0.6 is 0 Å². The number of aliphatic hydroxyl groups is 1. The van der Waals surface area contributed by atoms with Gasteiger partial charge in [-0.05, 0) is 30.7 Å². The standard InChI is InChI=1S/C20H23NO/c1-17-7-5-10-19(13-17)20(16-22)11-6-12-21(15-20)14-18-8-3-2-4-9-18/h2-10,12-13,22H,11,14-16H2,1H3. The summed E-state index contributed by atoms with van der Waals surface area (Å²) in [6.45, 7) is 4.00. The van der Waals surface area contributed by atoms with Crippen LogP contribution in [0.3, 0.4) is 0 Å². The van der Waals surface area contributed by atoms with Gasteiger partial charge in [-0.25, -0.2) is 0 Å². The first-order valence-corrected chi connectivity index (χ1v) is 7.84. The van der Waals surface area contributed by atoms with Gasteiger partial charge in [0.15, 0.2) is 0 Å². The highest BCUT2D eigenvalue weighted by Gasteiger charge is 2.34. The number of benzene rings is 2. The summed E-state index contributed by atoms with van der Waals surface area (Å²) in [6, 6.07) is 19.0. The summed E-state index contributed by atoms with van der Waals surface area (Å²) in [5, 5.41) is 10.1. The monoisotopic (exact) mass is 293 g/mol. The summed E-state index contributed by atoms with van der Waals surface area (Å²) >= 11 is 0. The molecule has 1 aliphatic heterocycles. The zero-order valence-corrected chi connectivity index (χ0v) is 13.1. The fourth-order valence-electron chi connectivity index (χ4n) is 3.25. The molecule has 22 heavy (non-hydrogen) atoms. The first-order chi connectivity index (χ1) is 10.7. The van der Waals surface area contributed by atoms with E-state index in [1.807, 2.05) is 6.07 Å². The van der Waals surface area contributed by atoms with Gasteiger partial charge in [-0.1, -0.05) is 66.2 Å². The average molecular weight is 293 g/mol. The van der Waals surface area contributed by atoms with E-state index in [4.69, 9.17) is 0 Å². The van der Waals surface area contributed by atoms with Crippen LogP contribution < -0.4 is 0 Å². The van der Waals surface area contributed by atoms with Crippen LogP contribution in [-0.4, -0.2) is 23.2 Å². The fourth-order valence-corrected chi connectivity index (χ4v) is 3.25. The molecule has 0 fully saturated rings. The Morgan fingerprint density at radius 3 is 2.64 bits per heavy atom. The van der Waals surface area contributed by atoms with Crippen molar-refractivity contribution in [1.82, 2.24) is 4.90 Å². The zero-order valence-electron chi connectivity index (χ0n) is 13.1. The highest BCUT2D eigenvalue weighted by Crippen LogP contribution is 2.33. The molecule has 2 aromatic carbocycles. The van der Waals surface area contributed by atoms with Gasteiger partial charge < -0.3 is 10.0 Å². The summed E-state index contributed by atoms with van der Waals surface area (Å²) in [4.78, 5) is 2.30. The van der Waals surface area contributed by atoms with E-state index in [9.17, 15) is 5.11 Å². The summed E-state index contributed by atoms with van der Waals surface area (Å²) < 4.78 is 0. The Kier molecular flexibility index (Phi) is 4.30. The lowest BCUT2D eigenvalue weighted by atomic mass is 9.76. The average Bonchev–Trinajstić information content (AvgIpc) is 2.56. The third-order valence-electron chi connectivity index (χ3n) is 4.49. The Bertz CT molecular complexity index is 650. The number of rotatable bonds is 4. The molecule has 1 atom stereocenters. The number of hydrogen-bond acceptors (Lipinski definition) is 2. The van der Waals surface area contributed by atoms with Crippen molar-refractivity contribution in [3.8, 4) is 0 Å². The van der Waals surface area contributed by atoms with Crippen molar-refractivity contribution in [3.63, 3.8) is 0 Å². The van der Waals surface area contributed by atoms with Crippen LogP contribution in [0.15, 0.2) is 66.9 Å². The fraction of sp³-hybridized carbons (Fsp3) is 0.300. The lowest BCUT2D eigenvalue weighted by Crippen LogP contribution is -2.43. The SMILES string of the molecule is Cc1cccc(C2(CO)CC=CN(Cc3ccccc3)C2)c1. The van der Waals surface area contributed by atoms with E-state index in [1.54, 1.807) is 0 Å². The van der Waals surface area contributed by atoms with E-state index in [-0.39, 0.29) is 12.0 Å². The van der Waals surface area contributed by atoms with E-state index in [1.165, 1.54) is 16.7 Å². The Morgan fingerprint density at radius 2 is 1.91 bits per heavy atom. The normalized spacial score (nSPS) is 21.1. The van der Waals surface area contributed by atoms with Gasteiger partial charge in [0.05, 0.1) is 6.61 Å². The van der Waals surface area contributed by atoms with E-state index in [2.05, 4.69) is 72.6 Å². The smallest absolute Gasteiger partial charge is 0.0548 e. The van der Waals surface area contributed by atoms with Crippen molar-refractivity contribution in [2.75, 3.05) is 13.2 Å². The minimum Gasteiger partial charge on any atom is -0.395 e. The Balaban J connectivity index is 1.83. The van der Waals surface area contributed by atoms with Crippen molar-refractivity contribution in [2.24, 2.45) is 0 Å². The van der Waals surface area contributed by atoms with Gasteiger partial charge in [-0.2, -0.15) is 0 Å². The van der Waals surface area contributed by atoms with Crippen LogP contribution in [-0.2, 0) is 12.0 Å². The maximum atomic E-state index is 10.1. The van der Waals surface area contributed by atoms with Crippen LogP contribution in [0.2, 0.25) is 0 Å². The van der Waals surface area contributed by atoms with Crippen LogP contribution in [0.5, 0.6) is 0 Å². The van der Waals surface area contributed by atoms with Gasteiger partial charge in [-0.15, -0.1) is 0 Å². The number of nitrogens with zero attached hydrogens (tertiary/aromatic N) is 1. The predicted molar refractivity (Wildman–Crippen MR) is 90.6 cm³/mol. The second kappa shape index (κ2) is 6.37. The summed E-state index contributed by atoms with van der Waals surface area (Å²) in [7, 11) is 0. The Labute approximate surface area is 132 Å². The first-order valence-electron chi connectivity index (χ1n) is 7.84. The van der Waals surface area contributed by atoms with Gasteiger partial charge in [0.1, 0.15) is 0 Å². The minimum atomic E-state index is -0.199. The molecule has 0 aliphatic carbocycles. The molecule has 1 N–H and O–H groups in total. The highest BCUT2D eigenvalue weighted by atomic mass is 16.3. The maximum absolute atomic E-state index is 10.1. The lowest BCUT2D eigenvalue weighted by molar-refractivity contribution is 0.144. The topological polar surface area (TPSA) is 23.5 Å². The zero-order chi connectivity index (χ0) is 15.4. The van der Waals surface area contributed by atoms with Gasteiger partial charge in [0, 0.05) is 18.5 Å². The summed E-state index contributed by atoms with van der Waals surface area (Å²) in [5.74, 6) is 0. The third kappa shape index (κ3) is 3.07. The van der Waals surface area contributed by atoms with E-state index in [0.717, 1.165) is 19.5 Å². The second-order valence-corrected chi connectivity index (χ2v) is 6.29. The van der Waals surface area contributed by atoms with E-state index < -0.39 is 0 Å². The molecule has 0 saturated heterocycles. The molecule has 0 spiro atoms. The van der Waals surface area contributed by atoms with Crippen molar-refractivity contribution in [1.29, 1.82) is 0 Å². The minimum absolute atomic E-state index is 0.173. The molecule has 0 radical (unpaired) electrons. The number of allylic oxidation sites excluding steroid dienone is 1. The molecule has 0 amide bonds. The van der Waals surface area contributed by atoms with Crippen molar-refractivity contribution in [3.05, 3.63) is 83.6 Å². The highest BCUT2D eigenvalue weighted by molar-refractivity contribution is 5.32. The van der Waals surface area contributed by atoms with E-state index in [0.29, 0.717) is 0 Å². The van der Waals surface area contributed by atoms with Crippen molar-refractivity contribution < 1.29 is 5.11 Å². The Morgan fingerprint density at radius 1 is 1.09 bits per heavy atom. The van der Waals surface area contributed by atoms with E-state index >= 15 is 0 Å². The molecule has 0 saturated carbocycles. The molecule has 0 aromatic heterocycles. The summed E-state index contributed by atoms with van der Waals surface area (Å²) in [5.41, 5.74) is 3.58.